The van der Waals surface area contributed by atoms with Crippen molar-refractivity contribution in [2.75, 3.05) is 47.6 Å². The molecule has 1 heterocycles. The zero-order valence-corrected chi connectivity index (χ0v) is 78.2. The van der Waals surface area contributed by atoms with Gasteiger partial charge in [0.15, 0.2) is 0 Å². The van der Waals surface area contributed by atoms with Crippen LogP contribution in [0.4, 0.5) is 0 Å². The molecule has 51 heteroatoms. The second-order valence-corrected chi connectivity index (χ2v) is 33.7. The predicted molar refractivity (Wildman–Crippen MR) is 486 cm³/mol. The number of aliphatic carboxylic acids is 3. The molecule has 129 heavy (non-hydrogen) atoms. The molecule has 1 aliphatic rings. The van der Waals surface area contributed by atoms with Crippen molar-refractivity contribution in [2.45, 2.75) is 242 Å². The summed E-state index contributed by atoms with van der Waals surface area (Å²) < 4.78 is 0. The second-order valence-electron chi connectivity index (χ2n) is 31.5. The van der Waals surface area contributed by atoms with E-state index < -0.39 is 312 Å². The van der Waals surface area contributed by atoms with Gasteiger partial charge in [-0.3, -0.25) is 101 Å². The van der Waals surface area contributed by atoms with Crippen LogP contribution in [0.1, 0.15) is 139 Å². The molecule has 1 aromatic rings. The van der Waals surface area contributed by atoms with E-state index in [0.717, 1.165) is 4.90 Å². The van der Waals surface area contributed by atoms with E-state index >= 15 is 0 Å². The van der Waals surface area contributed by atoms with E-state index in [1.165, 1.54) is 13.8 Å². The number of hydrogen-bond acceptors (Lipinski definition) is 29. The maximum atomic E-state index is 14.4. The molecule has 19 amide bonds. The number of carboxylic acid groups (broad SMARTS) is 3. The van der Waals surface area contributed by atoms with Crippen LogP contribution in [0.5, 0.6) is 0 Å². The third-order valence-electron chi connectivity index (χ3n) is 20.2. The fourth-order valence-electron chi connectivity index (χ4n) is 12.6. The summed E-state index contributed by atoms with van der Waals surface area (Å²) in [6.07, 6.45) is -3.27. The molecule has 0 aromatic heterocycles. The lowest BCUT2D eigenvalue weighted by atomic mass is 9.96. The molecule has 0 saturated carbocycles. The van der Waals surface area contributed by atoms with Gasteiger partial charge in [0.2, 0.25) is 112 Å². The van der Waals surface area contributed by atoms with Crippen molar-refractivity contribution in [1.29, 1.82) is 0 Å². The van der Waals surface area contributed by atoms with Crippen LogP contribution in [-0.2, 0) is 112 Å². The Balaban J connectivity index is 2.27. The standard InChI is InChI=1S/C78H124N20O25S6/c1-10-37(7)60(96-63(107)41(79)22-35(3)4)75(119)88-45(27-59(104)105)67(111)92-52(33-128)72(116)93-50(31-126)69(113)85-42(19-20-58(102)103)65(109)97-61(38(8)11-2)76(120)95-53(34-129)73(117)94-51(32-127)71(115)89-46(25-55(80)99)77(121)98-21-15-18-54(98)74(118)83-39(9)62(106)91-49(30-125)70(114)87-44(24-40-16-13-12-14-17-40)64(108)82-28-57(101)84-48(29-124)68(112)86-43(23-36(5)6)66(110)90-47(78(122)123)26-56(81)100/h12-14,16-17,35-39,41-54,60-61,124-129H,10-11,15,18-34,79H2,1-9H3,(H2,80,99)(H2,81,100)(H,82,108)(H,83,118)(H,84,101)(H,85,113)(H,86,112)(H,87,114)(H,88,119)(H,89,115)(H,90,110)(H,91,106)(H,92,111)(H,93,116)(H,94,117)(H,95,120)(H,96,107)(H,97,109)(H,102,103)(H,104,105)(H,122,123)/t37-,38-,39-,41-,42-,43-,44-,45-,46-,47-,48-,49-,50-,51-,52-,53-,54-,60-,61-/m0/s1. The van der Waals surface area contributed by atoms with Crippen LogP contribution in [0.15, 0.2) is 30.3 Å². The number of thiol groups is 6. The van der Waals surface area contributed by atoms with E-state index in [2.05, 4.69) is 161 Å². The molecule has 0 spiro atoms. The second kappa shape index (κ2) is 58.3. The summed E-state index contributed by atoms with van der Waals surface area (Å²) in [6.45, 7) is 13.9. The van der Waals surface area contributed by atoms with Gasteiger partial charge in [0, 0.05) is 53.9 Å². The number of benzene rings is 1. The fraction of sp³-hybridized carbons (Fsp3) is 0.641. The number of nitrogens with two attached hydrogens (primary N) is 3. The Morgan fingerprint density at radius 1 is 0.403 bits per heavy atom. The Morgan fingerprint density at radius 3 is 1.20 bits per heavy atom. The van der Waals surface area contributed by atoms with Gasteiger partial charge in [0.1, 0.15) is 96.7 Å². The van der Waals surface area contributed by atoms with Crippen LogP contribution in [0.25, 0.3) is 0 Å². The lowest BCUT2D eigenvalue weighted by Gasteiger charge is -2.30. The van der Waals surface area contributed by atoms with Gasteiger partial charge in [0.05, 0.1) is 31.8 Å². The van der Waals surface area contributed by atoms with Gasteiger partial charge in [-0.2, -0.15) is 75.8 Å². The summed E-state index contributed by atoms with van der Waals surface area (Å²) in [4.78, 5) is 295. The van der Waals surface area contributed by atoms with Crippen LogP contribution < -0.4 is 102 Å². The third-order valence-corrected chi connectivity index (χ3v) is 22.4. The van der Waals surface area contributed by atoms with Crippen LogP contribution in [-0.4, -0.2) is 301 Å². The largest absolute Gasteiger partial charge is 0.481 e. The maximum Gasteiger partial charge on any atom is 0.326 e. The van der Waals surface area contributed by atoms with E-state index in [-0.39, 0.29) is 62.7 Å². The highest BCUT2D eigenvalue weighted by Crippen LogP contribution is 2.21. The van der Waals surface area contributed by atoms with Gasteiger partial charge in [-0.1, -0.05) is 98.6 Å². The molecule has 0 unspecified atom stereocenters. The first-order valence-electron chi connectivity index (χ1n) is 41.4. The number of carboxylic acids is 3. The highest BCUT2D eigenvalue weighted by atomic mass is 32.1. The van der Waals surface area contributed by atoms with Gasteiger partial charge >= 0.3 is 17.9 Å². The van der Waals surface area contributed by atoms with Crippen LogP contribution in [0.3, 0.4) is 0 Å². The average molecular weight is 1930 g/mol. The van der Waals surface area contributed by atoms with Crippen molar-refractivity contribution in [2.24, 2.45) is 40.9 Å². The fourth-order valence-corrected chi connectivity index (χ4v) is 14.1. The average Bonchev–Trinajstić information content (AvgIpc) is 1.71. The first-order valence-corrected chi connectivity index (χ1v) is 45.2. The maximum absolute atomic E-state index is 14.4. The van der Waals surface area contributed by atoms with E-state index in [0.29, 0.717) is 12.0 Å². The number of carbonyl (C=O) groups excluding carboxylic acids is 19. The number of carbonyl (C=O) groups is 22. The van der Waals surface area contributed by atoms with Crippen LogP contribution in [0, 0.1) is 23.7 Å². The molecule has 0 aliphatic carbocycles. The molecule has 2 rings (SSSR count). The van der Waals surface area contributed by atoms with E-state index in [1.54, 1.807) is 65.0 Å². The summed E-state index contributed by atoms with van der Waals surface area (Å²) in [5, 5.41) is 67.2. The molecule has 1 aromatic carbocycles. The van der Waals surface area contributed by atoms with Crippen LogP contribution >= 0.6 is 75.8 Å². The van der Waals surface area contributed by atoms with Crippen LogP contribution in [0.2, 0.25) is 0 Å². The molecule has 0 bridgehead atoms. The number of nitrogens with zero attached hydrogens (tertiary/aromatic N) is 1. The number of amides is 19. The molecule has 45 nitrogen and oxygen atoms in total. The lowest BCUT2D eigenvalue weighted by Crippen LogP contribution is -2.62. The Hall–Kier alpha value is -10.4. The van der Waals surface area contributed by atoms with E-state index in [4.69, 9.17) is 17.2 Å². The van der Waals surface area contributed by atoms with Gasteiger partial charge in [0.25, 0.3) is 0 Å². The van der Waals surface area contributed by atoms with Crippen molar-refractivity contribution in [3.8, 4) is 0 Å². The molecule has 0 radical (unpaired) electrons. The minimum Gasteiger partial charge on any atom is -0.481 e. The van der Waals surface area contributed by atoms with Crippen molar-refractivity contribution >= 4 is 206 Å². The van der Waals surface area contributed by atoms with Crippen molar-refractivity contribution in [3.05, 3.63) is 35.9 Å². The summed E-state index contributed by atoms with van der Waals surface area (Å²) in [5.74, 6) is -28.1. The first-order chi connectivity index (χ1) is 60.5. The van der Waals surface area contributed by atoms with Crippen molar-refractivity contribution in [3.63, 3.8) is 0 Å². The number of likely N-dealkylation sites (tertiary alicyclic amines) is 1. The highest BCUT2D eigenvalue weighted by Gasteiger charge is 2.43. The third kappa shape index (κ3) is 40.3. The number of nitrogens with one attached hydrogen (secondary N) is 16. The zero-order chi connectivity index (χ0) is 98.0. The molecule has 1 saturated heterocycles. The number of primary amides is 2. The molecular weight excluding hydrogens is 1810 g/mol. The Bertz CT molecular complexity index is 4110. The molecule has 19 atom stereocenters. The normalized spacial score (nSPS) is 16.5. The molecule has 1 fully saturated rings. The van der Waals surface area contributed by atoms with Crippen molar-refractivity contribution in [1.82, 2.24) is 90.0 Å². The molecular formula is C78H124N20O25S6. The zero-order valence-electron chi connectivity index (χ0n) is 72.8. The monoisotopic (exact) mass is 1930 g/mol. The summed E-state index contributed by atoms with van der Waals surface area (Å²) in [5.41, 5.74) is 17.3. The summed E-state index contributed by atoms with van der Waals surface area (Å²) in [6, 6.07) is -17.9. The summed E-state index contributed by atoms with van der Waals surface area (Å²) in [7, 11) is 0. The van der Waals surface area contributed by atoms with Gasteiger partial charge < -0.3 is 122 Å². The van der Waals surface area contributed by atoms with E-state index in [9.17, 15) is 121 Å². The quantitative estimate of drug-likeness (QED) is 0.0270. The SMILES string of the molecule is CC[C@H](C)[C@H](NC(=O)[C@H](CCC(=O)O)NC(=O)[C@H](CS)NC(=O)[C@H](CS)NC(=O)[C@H](CC(=O)O)NC(=O)[C@@H](NC(=O)[C@@H](N)CC(C)C)[C@@H](C)CC)C(=O)N[C@@H](CS)C(=O)N[C@@H](CS)C(=O)N[C@@H](CC(N)=O)C(=O)N1CCC[C@H]1C(=O)N[C@@H](C)C(=O)N[C@@H](CS)C(=O)N[C@@H](Cc1ccccc1)C(=O)NCC(=O)N[C@@H](CS)C(=O)N[C@@H](CC(C)C)C(=O)N[C@@H](CC(N)=O)C(=O)O. The minimum atomic E-state index is -1.84. The van der Waals surface area contributed by atoms with Gasteiger partial charge in [-0.25, -0.2) is 4.79 Å². The predicted octanol–water partition coefficient (Wildman–Crippen LogP) is -7.11. The van der Waals surface area contributed by atoms with Gasteiger partial charge in [-0.15, -0.1) is 0 Å². The smallest absolute Gasteiger partial charge is 0.326 e. The summed E-state index contributed by atoms with van der Waals surface area (Å²) >= 11 is 25.1. The molecule has 1 aliphatic heterocycles. The van der Waals surface area contributed by atoms with E-state index in [1.807, 2.05) is 13.8 Å². The Morgan fingerprint density at radius 2 is 0.775 bits per heavy atom. The van der Waals surface area contributed by atoms with Crippen molar-refractivity contribution < 1.29 is 121 Å². The minimum absolute atomic E-state index is 0.0113. The molecule has 722 valence electrons. The Kier molecular flexibility index (Phi) is 51.8. The number of rotatable bonds is 59. The van der Waals surface area contributed by atoms with Gasteiger partial charge in [-0.05, 0) is 68.3 Å². The topological polar surface area (TPSA) is 710 Å². The first kappa shape index (κ1) is 115. The Labute approximate surface area is 778 Å². The number of hydrogen-bond donors (Lipinski definition) is 28. The highest BCUT2D eigenvalue weighted by molar-refractivity contribution is 7.81. The molecule has 25 N–H and O–H groups in total. The lowest BCUT2D eigenvalue weighted by molar-refractivity contribution is -0.144.